The van der Waals surface area contributed by atoms with Crippen LogP contribution in [0.15, 0.2) is 207 Å². The molecular formula is C62H44N4. The molecule has 5 heterocycles. The number of aromatic amines is 2. The van der Waals surface area contributed by atoms with E-state index in [1.807, 2.05) is 6.08 Å². The summed E-state index contributed by atoms with van der Waals surface area (Å²) in [5, 5.41) is 0. The van der Waals surface area contributed by atoms with E-state index >= 15 is 0 Å². The molecule has 4 nitrogen and oxygen atoms in total. The standard InChI is InChI=1S/C62H44N4/c1-2-42-23-25-43(26-24-42)27-28-44-29-31-45(32-30-44)33-34-50-41-57-60(48-19-11-5-12-20-48)55-38-37-53(64-55)58(46-15-7-3-8-16-46)51-35-36-52(63-51)59(47-17-9-4-10-18-47)54-39-40-56(65-54)61(62(50)66-57)49-21-13-6-14-22-49/h2-41,64-65H,1H2/b28-27-,34-33-,58-51?,58-53?,59-52?,59-54?,60-55?,60-57?,61-56?,62-61?. The van der Waals surface area contributed by atoms with E-state index in [2.05, 4.69) is 253 Å². The molecule has 2 aliphatic rings. The van der Waals surface area contributed by atoms with E-state index in [-0.39, 0.29) is 0 Å². The largest absolute Gasteiger partial charge is 0.354 e. The quantitative estimate of drug-likeness (QED) is 0.142. The van der Waals surface area contributed by atoms with Crippen molar-refractivity contribution in [3.8, 4) is 44.5 Å². The molecule has 0 fully saturated rings. The number of benzene rings is 6. The van der Waals surface area contributed by atoms with Crippen LogP contribution in [0.25, 0.3) is 115 Å². The molecule has 312 valence electrons. The first-order valence-electron chi connectivity index (χ1n) is 22.3. The van der Waals surface area contributed by atoms with Crippen molar-refractivity contribution in [2.75, 3.05) is 0 Å². The average Bonchev–Trinajstić information content (AvgIpc) is 4.23. The second-order valence-electron chi connectivity index (χ2n) is 16.4. The van der Waals surface area contributed by atoms with Crippen LogP contribution in [0.3, 0.4) is 0 Å². The molecule has 0 atom stereocenters. The minimum Gasteiger partial charge on any atom is -0.354 e. The molecule has 66 heavy (non-hydrogen) atoms. The molecule has 9 aromatic rings. The highest BCUT2D eigenvalue weighted by Gasteiger charge is 2.21. The highest BCUT2D eigenvalue weighted by molar-refractivity contribution is 6.04. The summed E-state index contributed by atoms with van der Waals surface area (Å²) in [6.45, 7) is 3.87. The fourth-order valence-electron chi connectivity index (χ4n) is 8.91. The van der Waals surface area contributed by atoms with E-state index in [0.717, 1.165) is 117 Å². The van der Waals surface area contributed by atoms with Gasteiger partial charge in [-0.1, -0.05) is 207 Å². The summed E-state index contributed by atoms with van der Waals surface area (Å²) in [6.07, 6.45) is 17.1. The molecule has 4 heteroatoms. The number of allylic oxidation sites excluding steroid dienone is 2. The van der Waals surface area contributed by atoms with Crippen molar-refractivity contribution >= 4 is 70.2 Å². The Bertz CT molecular complexity index is 3540. The predicted octanol–water partition coefficient (Wildman–Crippen LogP) is 16.2. The van der Waals surface area contributed by atoms with Crippen LogP contribution in [-0.2, 0) is 0 Å². The van der Waals surface area contributed by atoms with Crippen LogP contribution >= 0.6 is 0 Å². The number of fused-ring (bicyclic) bond motifs is 8. The molecule has 0 unspecified atom stereocenters. The van der Waals surface area contributed by atoms with Gasteiger partial charge >= 0.3 is 0 Å². The molecule has 0 amide bonds. The molecule has 0 saturated carbocycles. The maximum atomic E-state index is 5.67. The monoisotopic (exact) mass is 844 g/mol. The van der Waals surface area contributed by atoms with Crippen LogP contribution in [0.2, 0.25) is 0 Å². The smallest absolute Gasteiger partial charge is 0.0809 e. The number of aromatic nitrogens is 4. The molecule has 3 aromatic heterocycles. The summed E-state index contributed by atoms with van der Waals surface area (Å²) in [5.41, 5.74) is 21.2. The lowest BCUT2D eigenvalue weighted by Crippen LogP contribution is -1.90. The van der Waals surface area contributed by atoms with Crippen LogP contribution in [0, 0.1) is 0 Å². The topological polar surface area (TPSA) is 57.4 Å². The van der Waals surface area contributed by atoms with Crippen LogP contribution in [0.5, 0.6) is 0 Å². The van der Waals surface area contributed by atoms with Gasteiger partial charge in [0.05, 0.1) is 22.8 Å². The van der Waals surface area contributed by atoms with Crippen molar-refractivity contribution in [2.24, 2.45) is 0 Å². The normalized spacial score (nSPS) is 12.2. The van der Waals surface area contributed by atoms with Crippen molar-refractivity contribution < 1.29 is 0 Å². The maximum Gasteiger partial charge on any atom is 0.0809 e. The van der Waals surface area contributed by atoms with Crippen molar-refractivity contribution in [1.82, 2.24) is 19.9 Å². The van der Waals surface area contributed by atoms with Crippen molar-refractivity contribution in [3.63, 3.8) is 0 Å². The van der Waals surface area contributed by atoms with Gasteiger partial charge in [0.25, 0.3) is 0 Å². The molecule has 2 aliphatic heterocycles. The lowest BCUT2D eigenvalue weighted by molar-refractivity contribution is 1.31. The molecule has 0 saturated heterocycles. The zero-order chi connectivity index (χ0) is 44.2. The molecule has 0 aliphatic carbocycles. The van der Waals surface area contributed by atoms with E-state index in [0.29, 0.717) is 0 Å². The molecule has 11 rings (SSSR count). The van der Waals surface area contributed by atoms with Crippen LogP contribution < -0.4 is 0 Å². The Kier molecular flexibility index (Phi) is 10.7. The average molecular weight is 845 g/mol. The minimum absolute atomic E-state index is 0.865. The van der Waals surface area contributed by atoms with Gasteiger partial charge in [-0.05, 0) is 87.0 Å². The Hall–Kier alpha value is -8.86. The maximum absolute atomic E-state index is 5.67. The lowest BCUT2D eigenvalue weighted by atomic mass is 9.98. The molecular weight excluding hydrogens is 801 g/mol. The molecule has 6 aromatic carbocycles. The van der Waals surface area contributed by atoms with Gasteiger partial charge in [-0.15, -0.1) is 0 Å². The second kappa shape index (κ2) is 17.7. The van der Waals surface area contributed by atoms with E-state index < -0.39 is 0 Å². The van der Waals surface area contributed by atoms with Gasteiger partial charge in [-0.2, -0.15) is 0 Å². The zero-order valence-corrected chi connectivity index (χ0v) is 36.2. The van der Waals surface area contributed by atoms with Gasteiger partial charge in [0.15, 0.2) is 0 Å². The van der Waals surface area contributed by atoms with E-state index in [4.69, 9.17) is 9.97 Å². The first kappa shape index (κ1) is 40.0. The molecule has 8 bridgehead atoms. The Morgan fingerprint density at radius 1 is 0.333 bits per heavy atom. The second-order valence-corrected chi connectivity index (χ2v) is 16.4. The van der Waals surface area contributed by atoms with Crippen LogP contribution in [0.4, 0.5) is 0 Å². The number of H-pyrrole nitrogens is 2. The highest BCUT2D eigenvalue weighted by Crippen LogP contribution is 2.41. The summed E-state index contributed by atoms with van der Waals surface area (Å²) in [5.74, 6) is 0. The lowest BCUT2D eigenvalue weighted by Gasteiger charge is -2.08. The molecule has 0 radical (unpaired) electrons. The summed E-state index contributed by atoms with van der Waals surface area (Å²) in [6, 6.07) is 68.0. The van der Waals surface area contributed by atoms with Crippen LogP contribution in [0.1, 0.15) is 45.0 Å². The van der Waals surface area contributed by atoms with Gasteiger partial charge in [-0.25, -0.2) is 9.97 Å². The summed E-state index contributed by atoms with van der Waals surface area (Å²) in [4.78, 5) is 18.9. The fourth-order valence-corrected chi connectivity index (χ4v) is 8.91. The summed E-state index contributed by atoms with van der Waals surface area (Å²) >= 11 is 0. The third-order valence-corrected chi connectivity index (χ3v) is 12.2. The van der Waals surface area contributed by atoms with E-state index in [1.165, 1.54) is 0 Å². The van der Waals surface area contributed by atoms with Gasteiger partial charge in [0, 0.05) is 49.9 Å². The number of rotatable bonds is 9. The summed E-state index contributed by atoms with van der Waals surface area (Å²) in [7, 11) is 0. The number of nitrogens with zero attached hydrogens (tertiary/aromatic N) is 2. The van der Waals surface area contributed by atoms with Crippen molar-refractivity contribution in [3.05, 3.63) is 252 Å². The number of hydrogen-bond acceptors (Lipinski definition) is 2. The number of hydrogen-bond donors (Lipinski definition) is 2. The van der Waals surface area contributed by atoms with E-state index in [1.54, 1.807) is 0 Å². The van der Waals surface area contributed by atoms with Gasteiger partial charge in [0.2, 0.25) is 0 Å². The van der Waals surface area contributed by atoms with Gasteiger partial charge < -0.3 is 9.97 Å². The van der Waals surface area contributed by atoms with Gasteiger partial charge in [0.1, 0.15) is 0 Å². The van der Waals surface area contributed by atoms with Crippen molar-refractivity contribution in [1.29, 1.82) is 0 Å². The molecule has 2 N–H and O–H groups in total. The fraction of sp³-hybridized carbons (Fsp3) is 0. The minimum atomic E-state index is 0.865. The Labute approximate surface area is 384 Å². The van der Waals surface area contributed by atoms with Crippen LogP contribution in [-0.4, -0.2) is 19.9 Å². The Balaban J connectivity index is 1.17. The number of nitrogens with one attached hydrogen (secondary N) is 2. The third-order valence-electron chi connectivity index (χ3n) is 12.2. The highest BCUT2D eigenvalue weighted by atomic mass is 14.8. The van der Waals surface area contributed by atoms with Crippen molar-refractivity contribution in [2.45, 2.75) is 0 Å². The Morgan fingerprint density at radius 3 is 1.09 bits per heavy atom. The summed E-state index contributed by atoms with van der Waals surface area (Å²) < 4.78 is 0. The Morgan fingerprint density at radius 2 is 0.682 bits per heavy atom. The SMILES string of the molecule is C=Cc1ccc(/C=C\c2ccc(/C=C\C3=Cc4nc3c(-c3ccccc3)c3ccc([nH]3)c(-c3ccccc3)c3nc(c(-c5ccccc5)c5ccc([nH]5)c4-c4ccccc4)C=C3)cc2)cc1. The first-order chi connectivity index (χ1) is 32.6. The third kappa shape index (κ3) is 8.00. The molecule has 0 spiro atoms. The van der Waals surface area contributed by atoms with E-state index in [9.17, 15) is 0 Å². The first-order valence-corrected chi connectivity index (χ1v) is 22.3. The van der Waals surface area contributed by atoms with Gasteiger partial charge in [-0.3, -0.25) is 0 Å². The predicted molar refractivity (Wildman–Crippen MR) is 280 cm³/mol. The zero-order valence-electron chi connectivity index (χ0n) is 36.2.